The number of benzene rings is 2. The standard InChI is InChI=1S/C17H20ClNO/c1-3-20-17-10-9-14(11-16(17)18)12-19-13(2)15-7-5-4-6-8-15/h4-11,13,19H,3,12H2,1-2H3/t13-/m0/s1. The van der Waals surface area contributed by atoms with Crippen LogP contribution in [0.15, 0.2) is 48.5 Å². The smallest absolute Gasteiger partial charge is 0.137 e. The van der Waals surface area contributed by atoms with E-state index in [4.69, 9.17) is 16.3 Å². The molecule has 2 aromatic carbocycles. The molecule has 3 heteroatoms. The minimum Gasteiger partial charge on any atom is -0.492 e. The summed E-state index contributed by atoms with van der Waals surface area (Å²) in [5.41, 5.74) is 2.44. The summed E-state index contributed by atoms with van der Waals surface area (Å²) in [5, 5.41) is 4.16. The topological polar surface area (TPSA) is 21.3 Å². The van der Waals surface area contributed by atoms with E-state index in [1.807, 2.05) is 31.2 Å². The van der Waals surface area contributed by atoms with E-state index < -0.39 is 0 Å². The summed E-state index contributed by atoms with van der Waals surface area (Å²) in [6, 6.07) is 16.6. The Morgan fingerprint density at radius 3 is 2.55 bits per heavy atom. The molecule has 0 heterocycles. The molecule has 0 saturated heterocycles. The van der Waals surface area contributed by atoms with Gasteiger partial charge in [-0.25, -0.2) is 0 Å². The second kappa shape index (κ2) is 7.32. The first-order valence-corrected chi connectivity index (χ1v) is 7.28. The van der Waals surface area contributed by atoms with Crippen LogP contribution in [0.4, 0.5) is 0 Å². The van der Waals surface area contributed by atoms with Crippen molar-refractivity contribution < 1.29 is 4.74 Å². The van der Waals surface area contributed by atoms with Gasteiger partial charge in [-0.1, -0.05) is 48.0 Å². The molecule has 0 aliphatic rings. The third-order valence-electron chi connectivity index (χ3n) is 3.21. The normalized spacial score (nSPS) is 12.2. The van der Waals surface area contributed by atoms with Crippen molar-refractivity contribution >= 4 is 11.6 Å². The molecule has 0 amide bonds. The van der Waals surface area contributed by atoms with E-state index in [1.165, 1.54) is 5.56 Å². The highest BCUT2D eigenvalue weighted by molar-refractivity contribution is 6.32. The Labute approximate surface area is 125 Å². The fraction of sp³-hybridized carbons (Fsp3) is 0.294. The Balaban J connectivity index is 1.96. The average molecular weight is 290 g/mol. The summed E-state index contributed by atoms with van der Waals surface area (Å²) < 4.78 is 5.43. The zero-order valence-corrected chi connectivity index (χ0v) is 12.7. The van der Waals surface area contributed by atoms with Crippen molar-refractivity contribution in [2.24, 2.45) is 0 Å². The third kappa shape index (κ3) is 3.99. The van der Waals surface area contributed by atoms with E-state index in [0.29, 0.717) is 17.7 Å². The SMILES string of the molecule is CCOc1ccc(CN[C@@H](C)c2ccccc2)cc1Cl. The largest absolute Gasteiger partial charge is 0.492 e. The highest BCUT2D eigenvalue weighted by atomic mass is 35.5. The molecule has 0 fully saturated rings. The Morgan fingerprint density at radius 2 is 1.90 bits per heavy atom. The van der Waals surface area contributed by atoms with Crippen LogP contribution in [0.2, 0.25) is 5.02 Å². The third-order valence-corrected chi connectivity index (χ3v) is 3.50. The lowest BCUT2D eigenvalue weighted by atomic mass is 10.1. The molecule has 0 bridgehead atoms. The maximum atomic E-state index is 6.19. The number of nitrogens with one attached hydrogen (secondary N) is 1. The lowest BCUT2D eigenvalue weighted by Gasteiger charge is -2.15. The van der Waals surface area contributed by atoms with Crippen molar-refractivity contribution in [3.8, 4) is 5.75 Å². The molecular formula is C17H20ClNO. The van der Waals surface area contributed by atoms with E-state index in [0.717, 1.165) is 17.9 Å². The van der Waals surface area contributed by atoms with Gasteiger partial charge in [0, 0.05) is 12.6 Å². The van der Waals surface area contributed by atoms with Gasteiger partial charge in [0.15, 0.2) is 0 Å². The van der Waals surface area contributed by atoms with Gasteiger partial charge in [-0.05, 0) is 37.1 Å². The molecule has 2 rings (SSSR count). The lowest BCUT2D eigenvalue weighted by Crippen LogP contribution is -2.17. The van der Waals surface area contributed by atoms with Crippen LogP contribution < -0.4 is 10.1 Å². The molecule has 2 aromatic rings. The monoisotopic (exact) mass is 289 g/mol. The van der Waals surface area contributed by atoms with Crippen LogP contribution in [-0.4, -0.2) is 6.61 Å². The van der Waals surface area contributed by atoms with E-state index >= 15 is 0 Å². The highest BCUT2D eigenvalue weighted by Crippen LogP contribution is 2.25. The van der Waals surface area contributed by atoms with Crippen LogP contribution >= 0.6 is 11.6 Å². The van der Waals surface area contributed by atoms with Crippen molar-refractivity contribution in [1.82, 2.24) is 5.32 Å². The van der Waals surface area contributed by atoms with Gasteiger partial charge >= 0.3 is 0 Å². The predicted molar refractivity (Wildman–Crippen MR) is 84.3 cm³/mol. The molecule has 1 atom stereocenters. The minimum absolute atomic E-state index is 0.307. The van der Waals surface area contributed by atoms with E-state index in [2.05, 4.69) is 36.5 Å². The molecule has 106 valence electrons. The molecular weight excluding hydrogens is 270 g/mol. The van der Waals surface area contributed by atoms with E-state index in [-0.39, 0.29) is 0 Å². The van der Waals surface area contributed by atoms with Gasteiger partial charge in [-0.2, -0.15) is 0 Å². The van der Waals surface area contributed by atoms with Crippen LogP contribution in [-0.2, 0) is 6.54 Å². The maximum Gasteiger partial charge on any atom is 0.137 e. The summed E-state index contributed by atoms with van der Waals surface area (Å²) in [6.07, 6.45) is 0. The van der Waals surface area contributed by atoms with Crippen molar-refractivity contribution in [3.63, 3.8) is 0 Å². The first-order valence-electron chi connectivity index (χ1n) is 6.90. The van der Waals surface area contributed by atoms with Gasteiger partial charge < -0.3 is 10.1 Å². The second-order valence-electron chi connectivity index (χ2n) is 4.71. The Kier molecular flexibility index (Phi) is 5.45. The van der Waals surface area contributed by atoms with Crippen LogP contribution in [0.5, 0.6) is 5.75 Å². The molecule has 0 unspecified atom stereocenters. The van der Waals surface area contributed by atoms with Crippen LogP contribution in [0, 0.1) is 0 Å². The van der Waals surface area contributed by atoms with Crippen LogP contribution in [0.1, 0.15) is 31.0 Å². The highest BCUT2D eigenvalue weighted by Gasteiger charge is 2.06. The summed E-state index contributed by atoms with van der Waals surface area (Å²) >= 11 is 6.19. The fourth-order valence-electron chi connectivity index (χ4n) is 2.06. The van der Waals surface area contributed by atoms with E-state index in [9.17, 15) is 0 Å². The fourth-order valence-corrected chi connectivity index (χ4v) is 2.32. The molecule has 2 nitrogen and oxygen atoms in total. The Morgan fingerprint density at radius 1 is 1.15 bits per heavy atom. The zero-order valence-electron chi connectivity index (χ0n) is 11.9. The van der Waals surface area contributed by atoms with E-state index in [1.54, 1.807) is 0 Å². The van der Waals surface area contributed by atoms with Gasteiger partial charge in [0.25, 0.3) is 0 Å². The molecule has 20 heavy (non-hydrogen) atoms. The first kappa shape index (κ1) is 14.9. The maximum absolute atomic E-state index is 6.19. The first-order chi connectivity index (χ1) is 9.70. The molecule has 0 radical (unpaired) electrons. The minimum atomic E-state index is 0.307. The van der Waals surface area contributed by atoms with Gasteiger partial charge in [0.2, 0.25) is 0 Å². The average Bonchev–Trinajstić information content (AvgIpc) is 2.48. The summed E-state index contributed by atoms with van der Waals surface area (Å²) in [7, 11) is 0. The molecule has 0 aromatic heterocycles. The summed E-state index contributed by atoms with van der Waals surface area (Å²) in [4.78, 5) is 0. The van der Waals surface area contributed by atoms with Crippen molar-refractivity contribution in [3.05, 3.63) is 64.7 Å². The Bertz CT molecular complexity index is 542. The summed E-state index contributed by atoms with van der Waals surface area (Å²) in [5.74, 6) is 0.744. The molecule has 0 aliphatic carbocycles. The zero-order chi connectivity index (χ0) is 14.4. The number of hydrogen-bond donors (Lipinski definition) is 1. The van der Waals surface area contributed by atoms with Gasteiger partial charge in [0.05, 0.1) is 11.6 Å². The number of rotatable bonds is 6. The summed E-state index contributed by atoms with van der Waals surface area (Å²) in [6.45, 7) is 5.52. The lowest BCUT2D eigenvalue weighted by molar-refractivity contribution is 0.340. The Hall–Kier alpha value is -1.51. The number of ether oxygens (including phenoxy) is 1. The molecule has 0 saturated carbocycles. The van der Waals surface area contributed by atoms with Crippen molar-refractivity contribution in [1.29, 1.82) is 0 Å². The van der Waals surface area contributed by atoms with Gasteiger partial charge in [-0.3, -0.25) is 0 Å². The molecule has 1 N–H and O–H groups in total. The van der Waals surface area contributed by atoms with Gasteiger partial charge in [-0.15, -0.1) is 0 Å². The number of hydrogen-bond acceptors (Lipinski definition) is 2. The van der Waals surface area contributed by atoms with Crippen LogP contribution in [0.3, 0.4) is 0 Å². The van der Waals surface area contributed by atoms with Gasteiger partial charge in [0.1, 0.15) is 5.75 Å². The second-order valence-corrected chi connectivity index (χ2v) is 5.12. The quantitative estimate of drug-likeness (QED) is 0.840. The predicted octanol–water partition coefficient (Wildman–Crippen LogP) is 4.59. The number of halogens is 1. The van der Waals surface area contributed by atoms with Crippen molar-refractivity contribution in [2.45, 2.75) is 26.4 Å². The molecule has 0 aliphatic heterocycles. The van der Waals surface area contributed by atoms with Crippen molar-refractivity contribution in [2.75, 3.05) is 6.61 Å². The van der Waals surface area contributed by atoms with Crippen LogP contribution in [0.25, 0.3) is 0 Å². The molecule has 0 spiro atoms.